The molecule has 2 N–H and O–H groups in total. The van der Waals surface area contributed by atoms with Crippen LogP contribution < -0.4 is 5.43 Å². The molecule has 0 saturated carbocycles. The van der Waals surface area contributed by atoms with Gasteiger partial charge in [-0.15, -0.1) is 0 Å². The summed E-state index contributed by atoms with van der Waals surface area (Å²) in [6.07, 6.45) is 1.82. The van der Waals surface area contributed by atoms with Gasteiger partial charge in [0.1, 0.15) is 28.9 Å². The number of aliphatic carboxylic acids is 1. The molecule has 28 heavy (non-hydrogen) atoms. The van der Waals surface area contributed by atoms with Crippen molar-refractivity contribution in [2.45, 2.75) is 26.7 Å². The predicted molar refractivity (Wildman–Crippen MR) is 105 cm³/mol. The summed E-state index contributed by atoms with van der Waals surface area (Å²) in [7, 11) is 0. The fourth-order valence-corrected chi connectivity index (χ4v) is 3.06. The van der Waals surface area contributed by atoms with Crippen LogP contribution in [0.5, 0.6) is 0 Å². The van der Waals surface area contributed by atoms with E-state index < -0.39 is 5.97 Å². The van der Waals surface area contributed by atoms with E-state index in [-0.39, 0.29) is 6.42 Å². The molecule has 0 amide bonds. The van der Waals surface area contributed by atoms with Gasteiger partial charge in [-0.05, 0) is 32.0 Å². The van der Waals surface area contributed by atoms with E-state index in [9.17, 15) is 4.79 Å². The van der Waals surface area contributed by atoms with Gasteiger partial charge >= 0.3 is 5.97 Å². The minimum Gasteiger partial charge on any atom is -0.481 e. The molecule has 0 bridgehead atoms. The molecule has 8 nitrogen and oxygen atoms in total. The molecule has 0 aliphatic carbocycles. The maximum Gasteiger partial charge on any atom is 0.303 e. The van der Waals surface area contributed by atoms with E-state index in [2.05, 4.69) is 20.5 Å². The van der Waals surface area contributed by atoms with Crippen LogP contribution in [-0.4, -0.2) is 26.8 Å². The first kappa shape index (κ1) is 17.7. The van der Waals surface area contributed by atoms with Crippen LogP contribution in [0.2, 0.25) is 0 Å². The number of hydrogen-bond acceptors (Lipinski definition) is 7. The van der Waals surface area contributed by atoms with Gasteiger partial charge in [0.25, 0.3) is 0 Å². The Morgan fingerprint density at radius 2 is 2.07 bits per heavy atom. The Hall–Kier alpha value is -3.68. The average Bonchev–Trinajstić information content (AvgIpc) is 3.25. The molecule has 0 fully saturated rings. The molecular weight excluding hydrogens is 360 g/mol. The molecule has 0 aliphatic heterocycles. The second kappa shape index (κ2) is 7.15. The fraction of sp³-hybridized carbons (Fsp3) is 0.200. The Kier molecular flexibility index (Phi) is 4.52. The predicted octanol–water partition coefficient (Wildman–Crippen LogP) is 4.13. The van der Waals surface area contributed by atoms with Crippen LogP contribution in [0.15, 0.2) is 50.6 Å². The third-order valence-electron chi connectivity index (χ3n) is 4.43. The summed E-state index contributed by atoms with van der Waals surface area (Å²) < 4.78 is 11.5. The Morgan fingerprint density at radius 3 is 2.89 bits per heavy atom. The number of nitrogens with zero attached hydrogens (tertiary/aromatic N) is 3. The molecule has 8 heteroatoms. The Balaban J connectivity index is 1.61. The number of carboxylic acid groups (broad SMARTS) is 1. The number of hydrogen-bond donors (Lipinski definition) is 2. The minimum atomic E-state index is -0.860. The molecule has 142 valence electrons. The van der Waals surface area contributed by atoms with E-state index in [0.29, 0.717) is 35.1 Å². The van der Waals surface area contributed by atoms with Crippen LogP contribution in [0.3, 0.4) is 0 Å². The molecule has 0 saturated heterocycles. The van der Waals surface area contributed by atoms with E-state index in [4.69, 9.17) is 13.9 Å². The van der Waals surface area contributed by atoms with Crippen molar-refractivity contribution in [1.82, 2.24) is 9.97 Å². The summed E-state index contributed by atoms with van der Waals surface area (Å²) >= 11 is 0. The highest BCUT2D eigenvalue weighted by molar-refractivity contribution is 6.06. The second-order valence-electron chi connectivity index (χ2n) is 6.38. The largest absolute Gasteiger partial charge is 0.481 e. The molecule has 3 aromatic heterocycles. The summed E-state index contributed by atoms with van der Waals surface area (Å²) in [6, 6.07) is 9.47. The Morgan fingerprint density at radius 1 is 1.25 bits per heavy atom. The first-order valence-corrected chi connectivity index (χ1v) is 8.77. The molecule has 4 aromatic rings. The normalized spacial score (nSPS) is 12.0. The van der Waals surface area contributed by atoms with E-state index in [1.54, 1.807) is 0 Å². The lowest BCUT2D eigenvalue weighted by Crippen LogP contribution is -2.01. The maximum atomic E-state index is 10.7. The van der Waals surface area contributed by atoms with E-state index in [0.717, 1.165) is 22.0 Å². The number of carbonyl (C=O) groups is 1. The van der Waals surface area contributed by atoms with Crippen molar-refractivity contribution in [2.75, 3.05) is 5.43 Å². The number of anilines is 1. The topological polar surface area (TPSA) is 114 Å². The van der Waals surface area contributed by atoms with Crippen molar-refractivity contribution in [3.8, 4) is 0 Å². The lowest BCUT2D eigenvalue weighted by Gasteiger charge is -2.02. The van der Waals surface area contributed by atoms with E-state index in [1.807, 2.05) is 44.2 Å². The van der Waals surface area contributed by atoms with Crippen molar-refractivity contribution in [3.05, 3.63) is 53.7 Å². The van der Waals surface area contributed by atoms with Crippen LogP contribution in [0.4, 0.5) is 5.82 Å². The molecular formula is C20H18N4O4. The van der Waals surface area contributed by atoms with E-state index in [1.165, 1.54) is 6.33 Å². The zero-order valence-electron chi connectivity index (χ0n) is 15.4. The minimum absolute atomic E-state index is 0.0196. The van der Waals surface area contributed by atoms with Crippen LogP contribution in [0.1, 0.15) is 30.4 Å². The van der Waals surface area contributed by atoms with Crippen molar-refractivity contribution < 1.29 is 18.7 Å². The van der Waals surface area contributed by atoms with Crippen molar-refractivity contribution in [2.24, 2.45) is 5.10 Å². The highest BCUT2D eigenvalue weighted by atomic mass is 16.4. The third-order valence-corrected chi connectivity index (χ3v) is 4.43. The van der Waals surface area contributed by atoms with Gasteiger partial charge in [-0.1, -0.05) is 12.1 Å². The van der Waals surface area contributed by atoms with Gasteiger partial charge in [-0.25, -0.2) is 9.97 Å². The van der Waals surface area contributed by atoms with Crippen molar-refractivity contribution >= 4 is 39.6 Å². The number of hydrazone groups is 1. The van der Waals surface area contributed by atoms with Gasteiger partial charge < -0.3 is 13.9 Å². The summed E-state index contributed by atoms with van der Waals surface area (Å²) in [5.41, 5.74) is 6.42. The number of aromatic nitrogens is 2. The molecule has 0 unspecified atom stereocenters. The monoisotopic (exact) mass is 378 g/mol. The molecule has 0 aliphatic rings. The number of para-hydroxylation sites is 1. The van der Waals surface area contributed by atoms with Gasteiger partial charge in [0.2, 0.25) is 0 Å². The van der Waals surface area contributed by atoms with Crippen LogP contribution >= 0.6 is 0 Å². The Bertz CT molecular complexity index is 1210. The molecule has 3 heterocycles. The highest BCUT2D eigenvalue weighted by Gasteiger charge is 2.14. The van der Waals surface area contributed by atoms with Gasteiger partial charge in [0.05, 0.1) is 12.1 Å². The zero-order chi connectivity index (χ0) is 19.7. The molecule has 0 radical (unpaired) electrons. The Labute approximate surface area is 159 Å². The number of aryl methyl sites for hydroxylation is 2. The number of carboxylic acids is 1. The number of furan rings is 2. The first-order chi connectivity index (χ1) is 13.5. The first-order valence-electron chi connectivity index (χ1n) is 8.77. The van der Waals surface area contributed by atoms with Gasteiger partial charge in [0, 0.05) is 17.4 Å². The summed E-state index contributed by atoms with van der Waals surface area (Å²) in [4.78, 5) is 19.3. The smallest absolute Gasteiger partial charge is 0.303 e. The molecule has 0 atom stereocenters. The maximum absolute atomic E-state index is 10.7. The van der Waals surface area contributed by atoms with Crippen molar-refractivity contribution in [3.63, 3.8) is 0 Å². The molecule has 0 spiro atoms. The van der Waals surface area contributed by atoms with Crippen LogP contribution in [0.25, 0.3) is 22.1 Å². The van der Waals surface area contributed by atoms with Gasteiger partial charge in [0.15, 0.2) is 11.4 Å². The quantitative estimate of drug-likeness (QED) is 0.383. The zero-order valence-corrected chi connectivity index (χ0v) is 15.4. The third kappa shape index (κ3) is 3.32. The lowest BCUT2D eigenvalue weighted by molar-refractivity contribution is -0.137. The van der Waals surface area contributed by atoms with Crippen LogP contribution in [0, 0.1) is 6.92 Å². The molecule has 4 rings (SSSR count). The SMILES string of the molecule is C/C(=N/Nc1ncnc2c1oc1ccccc12)c1cc(CCC(=O)O)oc1C. The van der Waals surface area contributed by atoms with Gasteiger partial charge in [-0.2, -0.15) is 5.10 Å². The number of benzene rings is 1. The average molecular weight is 378 g/mol. The van der Waals surface area contributed by atoms with Gasteiger partial charge in [-0.3, -0.25) is 10.2 Å². The number of rotatable bonds is 6. The fourth-order valence-electron chi connectivity index (χ4n) is 3.06. The summed E-state index contributed by atoms with van der Waals surface area (Å²) in [5, 5.41) is 14.1. The molecule has 1 aromatic carbocycles. The number of nitrogens with one attached hydrogen (secondary N) is 1. The lowest BCUT2D eigenvalue weighted by atomic mass is 10.1. The standard InChI is InChI=1S/C20H18N4O4/c1-11(15-9-13(27-12(15)2)7-8-17(25)26)23-24-20-19-18(21-10-22-20)14-5-3-4-6-16(14)28-19/h3-6,9-10H,7-8H2,1-2H3,(H,25,26)(H,21,22,24)/b23-11-. The number of fused-ring (bicyclic) bond motifs is 3. The van der Waals surface area contributed by atoms with Crippen molar-refractivity contribution in [1.29, 1.82) is 0 Å². The highest BCUT2D eigenvalue weighted by Crippen LogP contribution is 2.30. The summed E-state index contributed by atoms with van der Waals surface area (Å²) in [5.74, 6) is 0.903. The van der Waals surface area contributed by atoms with Crippen LogP contribution in [-0.2, 0) is 11.2 Å². The summed E-state index contributed by atoms with van der Waals surface area (Å²) in [6.45, 7) is 3.66. The second-order valence-corrected chi connectivity index (χ2v) is 6.38. The van der Waals surface area contributed by atoms with E-state index >= 15 is 0 Å².